The van der Waals surface area contributed by atoms with E-state index in [-0.39, 0.29) is 16.8 Å². The van der Waals surface area contributed by atoms with Crippen LogP contribution < -0.4 is 5.32 Å². The van der Waals surface area contributed by atoms with Crippen molar-refractivity contribution in [3.8, 4) is 0 Å². The van der Waals surface area contributed by atoms with Gasteiger partial charge in [-0.05, 0) is 30.2 Å². The number of nitro benzene ring substituents is 1. The molecule has 6 heteroatoms. The molecule has 110 valence electrons. The molecule has 0 aliphatic carbocycles. The summed E-state index contributed by atoms with van der Waals surface area (Å²) in [6.45, 7) is 2.48. The molecule has 0 aliphatic rings. The summed E-state index contributed by atoms with van der Waals surface area (Å²) in [4.78, 5) is 10.4. The van der Waals surface area contributed by atoms with E-state index in [2.05, 4.69) is 5.32 Å². The van der Waals surface area contributed by atoms with Crippen LogP contribution in [0.1, 0.15) is 24.1 Å². The zero-order valence-corrected chi connectivity index (χ0v) is 12.9. The van der Waals surface area contributed by atoms with Crippen LogP contribution in [-0.2, 0) is 6.54 Å². The number of hydrogen-bond acceptors (Lipinski definition) is 3. The van der Waals surface area contributed by atoms with E-state index in [0.717, 1.165) is 11.1 Å². The van der Waals surface area contributed by atoms with E-state index in [9.17, 15) is 10.1 Å². The van der Waals surface area contributed by atoms with E-state index in [4.69, 9.17) is 23.2 Å². The summed E-state index contributed by atoms with van der Waals surface area (Å²) in [5, 5.41) is 15.0. The number of rotatable bonds is 5. The van der Waals surface area contributed by atoms with Gasteiger partial charge in [-0.3, -0.25) is 10.1 Å². The Kier molecular flexibility index (Phi) is 5.17. The molecule has 0 radical (unpaired) electrons. The molecule has 0 spiro atoms. The summed E-state index contributed by atoms with van der Waals surface area (Å²) >= 11 is 11.9. The normalized spacial score (nSPS) is 12.1. The second-order valence-corrected chi connectivity index (χ2v) is 5.48. The molecule has 0 unspecified atom stereocenters. The lowest BCUT2D eigenvalue weighted by atomic mass is 10.1. The van der Waals surface area contributed by atoms with Gasteiger partial charge in [0.15, 0.2) is 0 Å². The van der Waals surface area contributed by atoms with Crippen molar-refractivity contribution in [2.75, 3.05) is 0 Å². The van der Waals surface area contributed by atoms with Gasteiger partial charge < -0.3 is 5.32 Å². The van der Waals surface area contributed by atoms with Crippen molar-refractivity contribution in [1.82, 2.24) is 5.32 Å². The van der Waals surface area contributed by atoms with Crippen molar-refractivity contribution < 1.29 is 4.92 Å². The lowest BCUT2D eigenvalue weighted by Gasteiger charge is -2.15. The third-order valence-electron chi connectivity index (χ3n) is 3.19. The zero-order chi connectivity index (χ0) is 15.4. The molecule has 0 saturated carbocycles. The first-order valence-corrected chi connectivity index (χ1v) is 7.15. The third-order valence-corrected chi connectivity index (χ3v) is 3.86. The summed E-state index contributed by atoms with van der Waals surface area (Å²) < 4.78 is 0. The van der Waals surface area contributed by atoms with Gasteiger partial charge in [0.05, 0.1) is 4.92 Å². The zero-order valence-electron chi connectivity index (χ0n) is 11.3. The maximum Gasteiger partial charge on any atom is 0.288 e. The molecule has 0 bridgehead atoms. The molecule has 0 amide bonds. The lowest BCUT2D eigenvalue weighted by molar-refractivity contribution is -0.384. The van der Waals surface area contributed by atoms with Crippen LogP contribution in [0, 0.1) is 10.1 Å². The minimum absolute atomic E-state index is 0.0356. The molecule has 1 atom stereocenters. The summed E-state index contributed by atoms with van der Waals surface area (Å²) in [6, 6.07) is 12.4. The SMILES string of the molecule is C[C@@H](NCc1ccc(Cl)c([N+](=O)[O-])c1)c1ccccc1Cl. The minimum atomic E-state index is -0.483. The molecule has 0 aromatic heterocycles. The summed E-state index contributed by atoms with van der Waals surface area (Å²) in [7, 11) is 0. The van der Waals surface area contributed by atoms with Gasteiger partial charge in [0.2, 0.25) is 0 Å². The molecular formula is C15H14Cl2N2O2. The number of benzene rings is 2. The Morgan fingerprint density at radius 2 is 1.90 bits per heavy atom. The average Bonchev–Trinajstić information content (AvgIpc) is 2.46. The average molecular weight is 325 g/mol. The Hall–Kier alpha value is -1.62. The summed E-state index contributed by atoms with van der Waals surface area (Å²) in [6.07, 6.45) is 0. The predicted molar refractivity (Wildman–Crippen MR) is 84.8 cm³/mol. The highest BCUT2D eigenvalue weighted by Crippen LogP contribution is 2.26. The van der Waals surface area contributed by atoms with E-state index in [1.54, 1.807) is 6.07 Å². The first-order chi connectivity index (χ1) is 9.99. The van der Waals surface area contributed by atoms with Gasteiger partial charge in [-0.25, -0.2) is 0 Å². The first-order valence-electron chi connectivity index (χ1n) is 6.39. The molecule has 0 saturated heterocycles. The molecule has 2 rings (SSSR count). The molecule has 21 heavy (non-hydrogen) atoms. The van der Waals surface area contributed by atoms with Gasteiger partial charge in [0, 0.05) is 23.7 Å². The van der Waals surface area contributed by atoms with Gasteiger partial charge in [-0.1, -0.05) is 47.5 Å². The van der Waals surface area contributed by atoms with Crippen LogP contribution in [0.3, 0.4) is 0 Å². The van der Waals surface area contributed by atoms with E-state index < -0.39 is 4.92 Å². The van der Waals surface area contributed by atoms with E-state index in [1.807, 2.05) is 31.2 Å². The second kappa shape index (κ2) is 6.89. The van der Waals surface area contributed by atoms with Crippen LogP contribution in [0.2, 0.25) is 10.0 Å². The predicted octanol–water partition coefficient (Wildman–Crippen LogP) is 4.75. The highest BCUT2D eigenvalue weighted by atomic mass is 35.5. The number of hydrogen-bond donors (Lipinski definition) is 1. The number of halogens is 2. The Labute approximate surface area is 132 Å². The van der Waals surface area contributed by atoms with Crippen LogP contribution >= 0.6 is 23.2 Å². The third kappa shape index (κ3) is 3.94. The fourth-order valence-electron chi connectivity index (χ4n) is 2.02. The van der Waals surface area contributed by atoms with Crippen molar-refractivity contribution in [2.45, 2.75) is 19.5 Å². The van der Waals surface area contributed by atoms with Crippen LogP contribution in [-0.4, -0.2) is 4.92 Å². The first kappa shape index (κ1) is 15.8. The maximum absolute atomic E-state index is 10.9. The Morgan fingerprint density at radius 3 is 2.57 bits per heavy atom. The standard InChI is InChI=1S/C15H14Cl2N2O2/c1-10(12-4-2-3-5-13(12)16)18-9-11-6-7-14(17)15(8-11)19(20)21/h2-8,10,18H,9H2,1H3/t10-/m1/s1. The Bertz CT molecular complexity index is 662. The Morgan fingerprint density at radius 1 is 1.19 bits per heavy atom. The topological polar surface area (TPSA) is 55.2 Å². The largest absolute Gasteiger partial charge is 0.306 e. The smallest absolute Gasteiger partial charge is 0.288 e. The number of nitrogens with one attached hydrogen (secondary N) is 1. The fraction of sp³-hybridized carbons (Fsp3) is 0.200. The van der Waals surface area contributed by atoms with Crippen LogP contribution in [0.15, 0.2) is 42.5 Å². The van der Waals surface area contributed by atoms with Crippen molar-refractivity contribution in [2.24, 2.45) is 0 Å². The molecule has 4 nitrogen and oxygen atoms in total. The molecule has 1 N–H and O–H groups in total. The van der Waals surface area contributed by atoms with Gasteiger partial charge in [0.25, 0.3) is 5.69 Å². The van der Waals surface area contributed by atoms with Crippen LogP contribution in [0.25, 0.3) is 0 Å². The molecule has 2 aromatic rings. The maximum atomic E-state index is 10.9. The molecule has 0 fully saturated rings. The molecule has 2 aromatic carbocycles. The van der Waals surface area contributed by atoms with Gasteiger partial charge in [-0.15, -0.1) is 0 Å². The quantitative estimate of drug-likeness (QED) is 0.637. The summed E-state index contributed by atoms with van der Waals surface area (Å²) in [5.74, 6) is 0. The van der Waals surface area contributed by atoms with Crippen LogP contribution in [0.4, 0.5) is 5.69 Å². The molecular weight excluding hydrogens is 311 g/mol. The van der Waals surface area contributed by atoms with Crippen LogP contribution in [0.5, 0.6) is 0 Å². The van der Waals surface area contributed by atoms with Gasteiger partial charge in [-0.2, -0.15) is 0 Å². The van der Waals surface area contributed by atoms with E-state index >= 15 is 0 Å². The highest BCUT2D eigenvalue weighted by molar-refractivity contribution is 6.32. The molecule has 0 aliphatic heterocycles. The monoisotopic (exact) mass is 324 g/mol. The second-order valence-electron chi connectivity index (χ2n) is 4.67. The van der Waals surface area contributed by atoms with Crippen molar-refractivity contribution in [3.63, 3.8) is 0 Å². The number of nitro groups is 1. The van der Waals surface area contributed by atoms with Gasteiger partial charge in [0.1, 0.15) is 5.02 Å². The van der Waals surface area contributed by atoms with Crippen molar-refractivity contribution >= 4 is 28.9 Å². The van der Waals surface area contributed by atoms with E-state index in [0.29, 0.717) is 11.6 Å². The number of nitrogens with zero attached hydrogens (tertiary/aromatic N) is 1. The molecule has 0 heterocycles. The lowest BCUT2D eigenvalue weighted by Crippen LogP contribution is -2.18. The van der Waals surface area contributed by atoms with Crippen molar-refractivity contribution in [1.29, 1.82) is 0 Å². The van der Waals surface area contributed by atoms with Crippen molar-refractivity contribution in [3.05, 3.63) is 73.8 Å². The highest BCUT2D eigenvalue weighted by Gasteiger charge is 2.13. The van der Waals surface area contributed by atoms with E-state index in [1.165, 1.54) is 12.1 Å². The van der Waals surface area contributed by atoms with Gasteiger partial charge >= 0.3 is 0 Å². The minimum Gasteiger partial charge on any atom is -0.306 e. The fourth-order valence-corrected chi connectivity index (χ4v) is 2.50. The Balaban J connectivity index is 2.08. The summed E-state index contributed by atoms with van der Waals surface area (Å²) in [5.41, 5.74) is 1.70.